The molecule has 0 spiro atoms. The fourth-order valence-electron chi connectivity index (χ4n) is 2.75. The average Bonchev–Trinajstić information content (AvgIpc) is 2.56. The molecule has 1 aliphatic rings. The van der Waals surface area contributed by atoms with E-state index in [2.05, 4.69) is 41.1 Å². The molecule has 0 amide bonds. The summed E-state index contributed by atoms with van der Waals surface area (Å²) in [5.74, 6) is 0.441. The fourth-order valence-corrected chi connectivity index (χ4v) is 3.48. The van der Waals surface area contributed by atoms with E-state index in [1.165, 1.54) is 44.1 Å². The summed E-state index contributed by atoms with van der Waals surface area (Å²) in [6.07, 6.45) is 7.23. The minimum absolute atomic E-state index is 0.303. The van der Waals surface area contributed by atoms with Crippen LogP contribution in [0.4, 0.5) is 0 Å². The Kier molecular flexibility index (Phi) is 4.63. The van der Waals surface area contributed by atoms with Crippen LogP contribution in [0.25, 0.3) is 0 Å². The van der Waals surface area contributed by atoms with Gasteiger partial charge in [0.25, 0.3) is 0 Å². The molecule has 1 saturated carbocycles. The fraction of sp³-hybridized carbons (Fsp3) is 0.600. The highest BCUT2D eigenvalue weighted by molar-refractivity contribution is 9.10. The molecule has 2 rings (SSSR count). The zero-order chi connectivity index (χ0) is 12.3. The first-order valence-corrected chi connectivity index (χ1v) is 7.42. The number of rotatable bonds is 2. The summed E-state index contributed by atoms with van der Waals surface area (Å²) in [5.41, 5.74) is 2.29. The molecule has 1 aromatic rings. The number of aliphatic hydroxyl groups is 1. The van der Waals surface area contributed by atoms with Gasteiger partial charge in [0.1, 0.15) is 0 Å². The van der Waals surface area contributed by atoms with E-state index in [0.29, 0.717) is 5.92 Å². The van der Waals surface area contributed by atoms with Crippen LogP contribution in [0, 0.1) is 12.8 Å². The van der Waals surface area contributed by atoms with Gasteiger partial charge < -0.3 is 5.11 Å². The number of halogens is 1. The Hall–Kier alpha value is -0.340. The molecule has 0 bridgehead atoms. The second-order valence-electron chi connectivity index (χ2n) is 5.22. The highest BCUT2D eigenvalue weighted by Gasteiger charge is 2.23. The number of hydrogen-bond acceptors (Lipinski definition) is 1. The van der Waals surface area contributed by atoms with Gasteiger partial charge in [-0.15, -0.1) is 0 Å². The Bertz CT molecular complexity index is 367. The van der Waals surface area contributed by atoms with Crippen molar-refractivity contribution in [1.82, 2.24) is 0 Å². The van der Waals surface area contributed by atoms with Crippen LogP contribution in [0.5, 0.6) is 0 Å². The average molecular weight is 297 g/mol. The second kappa shape index (κ2) is 6.01. The molecule has 1 nitrogen and oxygen atoms in total. The first-order chi connectivity index (χ1) is 8.18. The molecule has 94 valence electrons. The third kappa shape index (κ3) is 3.32. The van der Waals surface area contributed by atoms with Gasteiger partial charge in [0.2, 0.25) is 0 Å². The van der Waals surface area contributed by atoms with Crippen LogP contribution in [-0.2, 0) is 0 Å². The van der Waals surface area contributed by atoms with E-state index in [9.17, 15) is 5.11 Å². The number of aryl methyl sites for hydroxylation is 1. The quantitative estimate of drug-likeness (QED) is 0.780. The van der Waals surface area contributed by atoms with Gasteiger partial charge in [0.15, 0.2) is 0 Å². The smallest absolute Gasteiger partial charge is 0.0829 e. The van der Waals surface area contributed by atoms with Crippen molar-refractivity contribution in [2.24, 2.45) is 5.92 Å². The third-order valence-electron chi connectivity index (χ3n) is 3.82. The van der Waals surface area contributed by atoms with Crippen molar-refractivity contribution in [1.29, 1.82) is 0 Å². The van der Waals surface area contributed by atoms with Gasteiger partial charge in [-0.25, -0.2) is 0 Å². The van der Waals surface area contributed by atoms with Gasteiger partial charge in [-0.1, -0.05) is 53.7 Å². The van der Waals surface area contributed by atoms with Crippen LogP contribution in [0.15, 0.2) is 22.7 Å². The summed E-state index contributed by atoms with van der Waals surface area (Å²) in [4.78, 5) is 0. The normalized spacial score (nSPS) is 19.9. The molecule has 1 unspecified atom stereocenters. The lowest BCUT2D eigenvalue weighted by molar-refractivity contribution is 0.0981. The standard InChI is InChI=1S/C15H21BrO/c1-11-8-9-13(14(16)10-11)15(17)12-6-4-2-3-5-7-12/h8-10,12,15,17H,2-7H2,1H3. The maximum atomic E-state index is 10.5. The van der Waals surface area contributed by atoms with Crippen LogP contribution < -0.4 is 0 Å². The SMILES string of the molecule is Cc1ccc(C(O)C2CCCCCC2)c(Br)c1. The maximum absolute atomic E-state index is 10.5. The van der Waals surface area contributed by atoms with Gasteiger partial charge in [0.05, 0.1) is 6.10 Å². The van der Waals surface area contributed by atoms with E-state index in [0.717, 1.165) is 10.0 Å². The molecule has 1 aromatic carbocycles. The van der Waals surface area contributed by atoms with Crippen LogP contribution in [0.2, 0.25) is 0 Å². The van der Waals surface area contributed by atoms with Gasteiger partial charge in [0, 0.05) is 4.47 Å². The third-order valence-corrected chi connectivity index (χ3v) is 4.51. The van der Waals surface area contributed by atoms with Crippen molar-refractivity contribution >= 4 is 15.9 Å². The van der Waals surface area contributed by atoms with Gasteiger partial charge >= 0.3 is 0 Å². The van der Waals surface area contributed by atoms with E-state index in [1.807, 2.05) is 0 Å². The molecule has 0 heterocycles. The van der Waals surface area contributed by atoms with Crippen LogP contribution in [-0.4, -0.2) is 5.11 Å². The van der Waals surface area contributed by atoms with Gasteiger partial charge in [-0.2, -0.15) is 0 Å². The van der Waals surface area contributed by atoms with E-state index in [4.69, 9.17) is 0 Å². The van der Waals surface area contributed by atoms with Crippen molar-refractivity contribution in [3.05, 3.63) is 33.8 Å². The Morgan fingerprint density at radius 2 is 1.82 bits per heavy atom. The van der Waals surface area contributed by atoms with Crippen LogP contribution in [0.1, 0.15) is 55.8 Å². The first-order valence-electron chi connectivity index (χ1n) is 6.62. The summed E-state index contributed by atoms with van der Waals surface area (Å²) in [6.45, 7) is 2.08. The zero-order valence-corrected chi connectivity index (χ0v) is 12.0. The van der Waals surface area contributed by atoms with Crippen molar-refractivity contribution in [2.75, 3.05) is 0 Å². The van der Waals surface area contributed by atoms with E-state index < -0.39 is 0 Å². The molecule has 17 heavy (non-hydrogen) atoms. The molecule has 0 aliphatic heterocycles. The van der Waals surface area contributed by atoms with Crippen molar-refractivity contribution in [2.45, 2.75) is 51.6 Å². The lowest BCUT2D eigenvalue weighted by atomic mass is 9.89. The van der Waals surface area contributed by atoms with Crippen molar-refractivity contribution < 1.29 is 5.11 Å². The lowest BCUT2D eigenvalue weighted by Crippen LogP contribution is -2.12. The molecular formula is C15H21BrO. The first kappa shape index (κ1) is 13.1. The minimum atomic E-state index is -0.303. The highest BCUT2D eigenvalue weighted by Crippen LogP contribution is 2.36. The Balaban J connectivity index is 2.14. The molecular weight excluding hydrogens is 276 g/mol. The minimum Gasteiger partial charge on any atom is -0.388 e. The van der Waals surface area contributed by atoms with E-state index >= 15 is 0 Å². The summed E-state index contributed by atoms with van der Waals surface area (Å²) in [6, 6.07) is 6.24. The zero-order valence-electron chi connectivity index (χ0n) is 10.5. The van der Waals surface area contributed by atoms with Crippen LogP contribution in [0.3, 0.4) is 0 Å². The highest BCUT2D eigenvalue weighted by atomic mass is 79.9. The second-order valence-corrected chi connectivity index (χ2v) is 6.08. The topological polar surface area (TPSA) is 20.2 Å². The molecule has 1 N–H and O–H groups in total. The number of aliphatic hydroxyl groups excluding tert-OH is 1. The lowest BCUT2D eigenvalue weighted by Gasteiger charge is -2.22. The molecule has 1 atom stereocenters. The Morgan fingerprint density at radius 1 is 1.18 bits per heavy atom. The molecule has 1 aliphatic carbocycles. The molecule has 0 aromatic heterocycles. The van der Waals surface area contributed by atoms with E-state index in [-0.39, 0.29) is 6.10 Å². The van der Waals surface area contributed by atoms with Gasteiger partial charge in [-0.3, -0.25) is 0 Å². The predicted molar refractivity (Wildman–Crippen MR) is 75.0 cm³/mol. The molecule has 0 radical (unpaired) electrons. The molecule has 1 fully saturated rings. The monoisotopic (exact) mass is 296 g/mol. The summed E-state index contributed by atoms with van der Waals surface area (Å²) >= 11 is 3.57. The van der Waals surface area contributed by atoms with Gasteiger partial charge in [-0.05, 0) is 42.9 Å². The largest absolute Gasteiger partial charge is 0.388 e. The van der Waals surface area contributed by atoms with Crippen molar-refractivity contribution in [3.8, 4) is 0 Å². The van der Waals surface area contributed by atoms with E-state index in [1.54, 1.807) is 0 Å². The summed E-state index contributed by atoms with van der Waals surface area (Å²) in [5, 5.41) is 10.5. The number of hydrogen-bond donors (Lipinski definition) is 1. The molecule has 0 saturated heterocycles. The predicted octanol–water partition coefficient (Wildman–Crippen LogP) is 4.76. The maximum Gasteiger partial charge on any atom is 0.0829 e. The summed E-state index contributed by atoms with van der Waals surface area (Å²) < 4.78 is 1.05. The molecule has 2 heteroatoms. The number of benzene rings is 1. The Labute approximate surface area is 112 Å². The Morgan fingerprint density at radius 3 is 2.41 bits per heavy atom. The van der Waals surface area contributed by atoms with Crippen LogP contribution >= 0.6 is 15.9 Å². The summed E-state index contributed by atoms with van der Waals surface area (Å²) in [7, 11) is 0. The van der Waals surface area contributed by atoms with Crippen molar-refractivity contribution in [3.63, 3.8) is 0 Å².